The fourth-order valence-electron chi connectivity index (χ4n) is 4.60. The van der Waals surface area contributed by atoms with Crippen molar-refractivity contribution in [2.45, 2.75) is 88.2 Å². The van der Waals surface area contributed by atoms with E-state index in [0.29, 0.717) is 24.0 Å². The molecule has 120 valence electrons. The smallest absolute Gasteiger partial charge is 0.241 e. The van der Waals surface area contributed by atoms with E-state index in [1.807, 2.05) is 11.8 Å². The van der Waals surface area contributed by atoms with Gasteiger partial charge < -0.3 is 4.90 Å². The first kappa shape index (κ1) is 15.7. The van der Waals surface area contributed by atoms with Gasteiger partial charge in [-0.3, -0.25) is 10.1 Å². The summed E-state index contributed by atoms with van der Waals surface area (Å²) >= 11 is 1.99. The Kier molecular flexibility index (Phi) is 5.15. The Morgan fingerprint density at radius 2 is 1.95 bits per heavy atom. The summed E-state index contributed by atoms with van der Waals surface area (Å²) in [4.78, 5) is 15.2. The fraction of sp³-hybridized carbons (Fsp3) is 0.941. The van der Waals surface area contributed by atoms with Crippen LogP contribution in [0.2, 0.25) is 0 Å². The van der Waals surface area contributed by atoms with Crippen molar-refractivity contribution in [1.29, 1.82) is 0 Å². The molecule has 1 aliphatic heterocycles. The van der Waals surface area contributed by atoms with E-state index < -0.39 is 0 Å². The summed E-state index contributed by atoms with van der Waals surface area (Å²) in [6, 6.07) is 0.559. The van der Waals surface area contributed by atoms with E-state index in [4.69, 9.17) is 0 Å². The van der Waals surface area contributed by atoms with Crippen molar-refractivity contribution >= 4 is 17.7 Å². The molecule has 3 aliphatic rings. The predicted octanol–water partition coefficient (Wildman–Crippen LogP) is 3.39. The number of nitrogens with one attached hydrogen (secondary N) is 1. The van der Waals surface area contributed by atoms with Crippen molar-refractivity contribution in [1.82, 2.24) is 10.2 Å². The van der Waals surface area contributed by atoms with Crippen molar-refractivity contribution in [3.05, 3.63) is 0 Å². The van der Waals surface area contributed by atoms with E-state index in [1.54, 1.807) is 0 Å². The summed E-state index contributed by atoms with van der Waals surface area (Å²) in [7, 11) is 0. The first-order valence-electron chi connectivity index (χ1n) is 8.85. The maximum absolute atomic E-state index is 12.9. The molecule has 4 atom stereocenters. The molecular formula is C17H30N2OS. The minimum Gasteiger partial charge on any atom is -0.322 e. The number of thioether (sulfide) groups is 1. The van der Waals surface area contributed by atoms with Crippen molar-refractivity contribution in [3.63, 3.8) is 0 Å². The van der Waals surface area contributed by atoms with E-state index in [0.717, 1.165) is 11.7 Å². The molecule has 1 saturated heterocycles. The first-order chi connectivity index (χ1) is 10.2. The average Bonchev–Trinajstić information content (AvgIpc) is 3.14. The fourth-order valence-corrected chi connectivity index (χ4v) is 5.41. The highest BCUT2D eigenvalue weighted by Gasteiger charge is 2.46. The van der Waals surface area contributed by atoms with Gasteiger partial charge in [-0.05, 0) is 50.7 Å². The number of nitrogens with zero attached hydrogens (tertiary/aromatic N) is 1. The van der Waals surface area contributed by atoms with Gasteiger partial charge in [-0.15, -0.1) is 0 Å². The number of hydrogen-bond donors (Lipinski definition) is 1. The standard InChI is InChI=1S/C17H30N2OS/c1-3-15-17(20)19(13-9-6-10-14(11-13)21-2)16(18-15)12-7-4-5-8-12/h12-16,18H,3-11H2,1-2H3. The highest BCUT2D eigenvalue weighted by Crippen LogP contribution is 2.37. The number of rotatable bonds is 4. The van der Waals surface area contributed by atoms with Crippen LogP contribution in [-0.2, 0) is 4.79 Å². The van der Waals surface area contributed by atoms with Gasteiger partial charge in [0.15, 0.2) is 0 Å². The minimum absolute atomic E-state index is 0.0743. The van der Waals surface area contributed by atoms with E-state index >= 15 is 0 Å². The highest BCUT2D eigenvalue weighted by atomic mass is 32.2. The van der Waals surface area contributed by atoms with Crippen molar-refractivity contribution in [3.8, 4) is 0 Å². The van der Waals surface area contributed by atoms with Crippen LogP contribution in [0.4, 0.5) is 0 Å². The molecule has 0 aromatic heterocycles. The van der Waals surface area contributed by atoms with Gasteiger partial charge in [0.1, 0.15) is 0 Å². The zero-order chi connectivity index (χ0) is 14.8. The minimum atomic E-state index is 0.0743. The molecule has 2 saturated carbocycles. The molecule has 3 fully saturated rings. The third kappa shape index (κ3) is 3.12. The van der Waals surface area contributed by atoms with Crippen LogP contribution in [-0.4, -0.2) is 40.6 Å². The van der Waals surface area contributed by atoms with Crippen molar-refractivity contribution in [2.24, 2.45) is 5.92 Å². The van der Waals surface area contributed by atoms with Crippen LogP contribution in [0.1, 0.15) is 64.7 Å². The van der Waals surface area contributed by atoms with Crippen molar-refractivity contribution < 1.29 is 4.79 Å². The zero-order valence-corrected chi connectivity index (χ0v) is 14.3. The molecule has 0 radical (unpaired) electrons. The second-order valence-corrected chi connectivity index (χ2v) is 8.18. The van der Waals surface area contributed by atoms with Gasteiger partial charge in [0.2, 0.25) is 5.91 Å². The summed E-state index contributed by atoms with van der Waals surface area (Å²) in [5.41, 5.74) is 0. The monoisotopic (exact) mass is 310 g/mol. The quantitative estimate of drug-likeness (QED) is 0.864. The lowest BCUT2D eigenvalue weighted by Crippen LogP contribution is -2.49. The molecule has 4 unspecified atom stereocenters. The van der Waals surface area contributed by atoms with Crippen LogP contribution in [0.15, 0.2) is 0 Å². The van der Waals surface area contributed by atoms with Gasteiger partial charge in [-0.2, -0.15) is 11.8 Å². The lowest BCUT2D eigenvalue weighted by atomic mass is 9.92. The van der Waals surface area contributed by atoms with E-state index in [-0.39, 0.29) is 6.04 Å². The topological polar surface area (TPSA) is 32.3 Å². The van der Waals surface area contributed by atoms with Crippen molar-refractivity contribution in [2.75, 3.05) is 6.26 Å². The van der Waals surface area contributed by atoms with Crippen LogP contribution in [0.25, 0.3) is 0 Å². The molecule has 0 bridgehead atoms. The molecule has 0 spiro atoms. The molecule has 2 aliphatic carbocycles. The molecule has 0 aromatic carbocycles. The summed E-state index contributed by atoms with van der Waals surface area (Å²) in [5.74, 6) is 1.08. The Hall–Kier alpha value is -0.220. The zero-order valence-electron chi connectivity index (χ0n) is 13.5. The van der Waals surface area contributed by atoms with Crippen LogP contribution in [0.5, 0.6) is 0 Å². The maximum Gasteiger partial charge on any atom is 0.241 e. The predicted molar refractivity (Wildman–Crippen MR) is 89.4 cm³/mol. The van der Waals surface area contributed by atoms with E-state index in [1.165, 1.54) is 51.4 Å². The first-order valence-corrected chi connectivity index (χ1v) is 10.1. The second kappa shape index (κ2) is 6.91. The maximum atomic E-state index is 12.9. The van der Waals surface area contributed by atoms with E-state index in [9.17, 15) is 4.79 Å². The largest absolute Gasteiger partial charge is 0.322 e. The molecule has 1 N–H and O–H groups in total. The van der Waals surface area contributed by atoms with Crippen LogP contribution >= 0.6 is 11.8 Å². The van der Waals surface area contributed by atoms with Crippen LogP contribution < -0.4 is 5.32 Å². The highest BCUT2D eigenvalue weighted by molar-refractivity contribution is 7.99. The molecular weight excluding hydrogens is 280 g/mol. The van der Waals surface area contributed by atoms with Gasteiger partial charge in [0, 0.05) is 11.3 Å². The molecule has 0 aromatic rings. The second-order valence-electron chi connectivity index (χ2n) is 7.04. The Balaban J connectivity index is 1.76. The molecule has 3 rings (SSSR count). The summed E-state index contributed by atoms with van der Waals surface area (Å²) in [6.07, 6.45) is 13.8. The van der Waals surface area contributed by atoms with Crippen LogP contribution in [0, 0.1) is 5.92 Å². The van der Waals surface area contributed by atoms with Gasteiger partial charge in [0.25, 0.3) is 0 Å². The Morgan fingerprint density at radius 3 is 2.62 bits per heavy atom. The lowest BCUT2D eigenvalue weighted by molar-refractivity contribution is -0.133. The molecule has 3 nitrogen and oxygen atoms in total. The third-order valence-electron chi connectivity index (χ3n) is 5.80. The average molecular weight is 311 g/mol. The lowest BCUT2D eigenvalue weighted by Gasteiger charge is -2.39. The van der Waals surface area contributed by atoms with Gasteiger partial charge in [-0.25, -0.2) is 0 Å². The summed E-state index contributed by atoms with van der Waals surface area (Å²) in [5, 5.41) is 4.43. The number of carbonyl (C=O) groups excluding carboxylic acids is 1. The van der Waals surface area contributed by atoms with Crippen LogP contribution in [0.3, 0.4) is 0 Å². The third-order valence-corrected chi connectivity index (χ3v) is 6.90. The normalized spacial score (nSPS) is 38.4. The molecule has 21 heavy (non-hydrogen) atoms. The molecule has 1 amide bonds. The Bertz CT molecular complexity index is 370. The SMILES string of the molecule is CCC1NC(C2CCCC2)N(C2CCCC(SC)C2)C1=O. The number of carbonyl (C=O) groups is 1. The number of hydrogen-bond acceptors (Lipinski definition) is 3. The Labute approximate surface area is 133 Å². The van der Waals surface area contributed by atoms with Gasteiger partial charge in [0.05, 0.1) is 12.2 Å². The Morgan fingerprint density at radius 1 is 1.19 bits per heavy atom. The summed E-state index contributed by atoms with van der Waals surface area (Å²) < 4.78 is 0. The number of amides is 1. The summed E-state index contributed by atoms with van der Waals surface area (Å²) in [6.45, 7) is 2.14. The van der Waals surface area contributed by atoms with Gasteiger partial charge >= 0.3 is 0 Å². The molecule has 4 heteroatoms. The van der Waals surface area contributed by atoms with Gasteiger partial charge in [-0.1, -0.05) is 26.2 Å². The molecule has 1 heterocycles. The van der Waals surface area contributed by atoms with E-state index in [2.05, 4.69) is 23.4 Å².